The molecule has 1 N–H and O–H groups in total. The van der Waals surface area contributed by atoms with Gasteiger partial charge < -0.3 is 10.2 Å². The average Bonchev–Trinajstić information content (AvgIpc) is 3.55. The van der Waals surface area contributed by atoms with Crippen LogP contribution in [-0.2, 0) is 11.8 Å². The Labute approximate surface area is 169 Å². The number of hydrogen-bond donors (Lipinski definition) is 1. The van der Waals surface area contributed by atoms with E-state index in [1.807, 2.05) is 19.2 Å². The Morgan fingerprint density at radius 1 is 1.21 bits per heavy atom. The fourth-order valence-corrected chi connectivity index (χ4v) is 4.05. The predicted octanol–water partition coefficient (Wildman–Crippen LogP) is 2.49. The fourth-order valence-electron chi connectivity index (χ4n) is 4.05. The van der Waals surface area contributed by atoms with E-state index in [2.05, 4.69) is 20.3 Å². The van der Waals surface area contributed by atoms with E-state index in [1.165, 1.54) is 0 Å². The van der Waals surface area contributed by atoms with Crippen LogP contribution in [0, 0.1) is 11.8 Å². The van der Waals surface area contributed by atoms with Crippen molar-refractivity contribution in [3.05, 3.63) is 30.7 Å². The van der Waals surface area contributed by atoms with Gasteiger partial charge in [-0.15, -0.1) is 0 Å². The summed E-state index contributed by atoms with van der Waals surface area (Å²) < 4.78 is 1.77. The molecule has 1 amide bonds. The van der Waals surface area contributed by atoms with Gasteiger partial charge in [0.2, 0.25) is 5.91 Å². The minimum atomic E-state index is 0.293. The van der Waals surface area contributed by atoms with Crippen molar-refractivity contribution < 1.29 is 4.79 Å². The number of anilines is 1. The maximum absolute atomic E-state index is 12.4. The number of carbonyl (C=O) groups excluding carboxylic acids is 1. The van der Waals surface area contributed by atoms with Crippen LogP contribution >= 0.6 is 0 Å². The summed E-state index contributed by atoms with van der Waals surface area (Å²) in [4.78, 5) is 28.0. The Bertz CT molecular complexity index is 1030. The van der Waals surface area contributed by atoms with Gasteiger partial charge in [-0.2, -0.15) is 5.10 Å². The Balaban J connectivity index is 1.36. The molecule has 0 radical (unpaired) electrons. The summed E-state index contributed by atoms with van der Waals surface area (Å²) in [6.45, 7) is 2.52. The highest BCUT2D eigenvalue weighted by molar-refractivity contribution is 5.88. The van der Waals surface area contributed by atoms with E-state index in [1.54, 1.807) is 23.3 Å². The van der Waals surface area contributed by atoms with Crippen LogP contribution in [0.3, 0.4) is 0 Å². The molecule has 8 heteroatoms. The molecule has 1 saturated carbocycles. The number of carbonyl (C=O) groups is 1. The highest BCUT2D eigenvalue weighted by Gasteiger charge is 2.35. The molecular weight excluding hydrogens is 366 g/mol. The molecule has 2 fully saturated rings. The number of fused-ring (bicyclic) bond motifs is 1. The van der Waals surface area contributed by atoms with Gasteiger partial charge in [0, 0.05) is 50.6 Å². The van der Waals surface area contributed by atoms with E-state index >= 15 is 0 Å². The lowest BCUT2D eigenvalue weighted by Gasteiger charge is -2.33. The summed E-state index contributed by atoms with van der Waals surface area (Å²) in [5.74, 6) is 2.52. The Morgan fingerprint density at radius 2 is 2.03 bits per heavy atom. The highest BCUT2D eigenvalue weighted by atomic mass is 16.2. The summed E-state index contributed by atoms with van der Waals surface area (Å²) in [7, 11) is 1.89. The third-order valence-corrected chi connectivity index (χ3v) is 5.85. The summed E-state index contributed by atoms with van der Waals surface area (Å²) in [6, 6.07) is 3.81. The summed E-state index contributed by atoms with van der Waals surface area (Å²) in [5.41, 5.74) is 1.72. The first-order valence-electron chi connectivity index (χ1n) is 10.3. The molecule has 1 atom stereocenters. The van der Waals surface area contributed by atoms with E-state index in [-0.39, 0.29) is 0 Å². The molecule has 3 aromatic rings. The van der Waals surface area contributed by atoms with Crippen molar-refractivity contribution in [1.29, 1.82) is 0 Å². The maximum Gasteiger partial charge on any atom is 0.225 e. The lowest BCUT2D eigenvalue weighted by Crippen LogP contribution is -2.42. The van der Waals surface area contributed by atoms with Crippen LogP contribution in [0.5, 0.6) is 0 Å². The Hall–Kier alpha value is -3.03. The van der Waals surface area contributed by atoms with Gasteiger partial charge in [-0.05, 0) is 43.7 Å². The molecule has 3 aromatic heterocycles. The minimum absolute atomic E-state index is 0.293. The zero-order valence-corrected chi connectivity index (χ0v) is 16.6. The van der Waals surface area contributed by atoms with Crippen molar-refractivity contribution >= 4 is 22.8 Å². The van der Waals surface area contributed by atoms with Gasteiger partial charge in [0.25, 0.3) is 0 Å². The van der Waals surface area contributed by atoms with Crippen molar-refractivity contribution in [2.75, 3.05) is 25.0 Å². The van der Waals surface area contributed by atoms with E-state index in [9.17, 15) is 4.79 Å². The second-order valence-corrected chi connectivity index (χ2v) is 8.08. The van der Waals surface area contributed by atoms with Gasteiger partial charge in [0.1, 0.15) is 5.82 Å². The number of hydrogen-bond acceptors (Lipinski definition) is 6. The second kappa shape index (κ2) is 7.42. The fraction of sp³-hybridized carbons (Fsp3) is 0.476. The van der Waals surface area contributed by atoms with Crippen molar-refractivity contribution in [2.24, 2.45) is 18.9 Å². The number of nitrogens with zero attached hydrogens (tertiary/aromatic N) is 6. The number of amides is 1. The molecule has 0 bridgehead atoms. The first-order chi connectivity index (χ1) is 14.2. The largest absolute Gasteiger partial charge is 0.369 e. The predicted molar refractivity (Wildman–Crippen MR) is 110 cm³/mol. The van der Waals surface area contributed by atoms with Crippen molar-refractivity contribution in [1.82, 2.24) is 29.6 Å². The highest BCUT2D eigenvalue weighted by Crippen LogP contribution is 2.32. The topological polar surface area (TPSA) is 88.8 Å². The molecule has 1 aliphatic heterocycles. The van der Waals surface area contributed by atoms with Crippen molar-refractivity contribution in [2.45, 2.75) is 25.7 Å². The van der Waals surface area contributed by atoms with E-state index in [0.29, 0.717) is 23.6 Å². The number of nitrogens with one attached hydrogen (secondary N) is 1. The van der Waals surface area contributed by atoms with Crippen LogP contribution < -0.4 is 5.32 Å². The molecule has 0 aromatic carbocycles. The van der Waals surface area contributed by atoms with Crippen LogP contribution in [0.1, 0.15) is 25.7 Å². The number of rotatable bonds is 5. The molecule has 2 aliphatic rings. The van der Waals surface area contributed by atoms with Gasteiger partial charge in [-0.25, -0.2) is 9.97 Å². The van der Waals surface area contributed by atoms with Crippen LogP contribution in [-0.4, -0.2) is 55.2 Å². The molecule has 1 saturated heterocycles. The van der Waals surface area contributed by atoms with Gasteiger partial charge in [0.15, 0.2) is 11.5 Å². The third-order valence-electron chi connectivity index (χ3n) is 5.85. The maximum atomic E-state index is 12.4. The minimum Gasteiger partial charge on any atom is -0.369 e. The Kier molecular flexibility index (Phi) is 4.61. The monoisotopic (exact) mass is 391 g/mol. The van der Waals surface area contributed by atoms with Crippen molar-refractivity contribution in [3.63, 3.8) is 0 Å². The zero-order valence-electron chi connectivity index (χ0n) is 16.6. The number of aromatic nitrogens is 5. The lowest BCUT2D eigenvalue weighted by molar-refractivity contribution is -0.134. The van der Waals surface area contributed by atoms with Crippen LogP contribution in [0.25, 0.3) is 22.4 Å². The van der Waals surface area contributed by atoms with Gasteiger partial charge in [0.05, 0.1) is 11.6 Å². The van der Waals surface area contributed by atoms with Crippen molar-refractivity contribution in [3.8, 4) is 11.4 Å². The lowest BCUT2D eigenvalue weighted by atomic mass is 9.97. The molecule has 0 spiro atoms. The molecule has 150 valence electrons. The standard InChI is InChI=1S/C21H25N7O/c1-27-20-17(12-24-27)19(25-18(26-20)15-6-8-22-9-7-15)23-11-14-3-2-10-28(13-14)21(29)16-4-5-16/h6-9,12,14,16H,2-5,10-11,13H2,1H3,(H,23,25,26)/t14-/m0/s1. The molecule has 5 rings (SSSR count). The third kappa shape index (κ3) is 3.66. The molecular formula is C21H25N7O. The van der Waals surface area contributed by atoms with E-state index in [4.69, 9.17) is 9.97 Å². The number of pyridine rings is 1. The van der Waals surface area contributed by atoms with Crippen LogP contribution in [0.4, 0.5) is 5.82 Å². The molecule has 4 heterocycles. The Morgan fingerprint density at radius 3 is 2.83 bits per heavy atom. The molecule has 8 nitrogen and oxygen atoms in total. The summed E-state index contributed by atoms with van der Waals surface area (Å²) in [6.07, 6.45) is 9.61. The smallest absolute Gasteiger partial charge is 0.225 e. The molecule has 0 unspecified atom stereocenters. The summed E-state index contributed by atoms with van der Waals surface area (Å²) >= 11 is 0. The van der Waals surface area contributed by atoms with E-state index < -0.39 is 0 Å². The normalized spacial score (nSPS) is 19.5. The summed E-state index contributed by atoms with van der Waals surface area (Å²) in [5, 5.41) is 8.79. The molecule has 1 aliphatic carbocycles. The number of likely N-dealkylation sites (tertiary alicyclic amines) is 1. The second-order valence-electron chi connectivity index (χ2n) is 8.08. The molecule has 29 heavy (non-hydrogen) atoms. The van der Waals surface area contributed by atoms with Gasteiger partial charge in [-0.3, -0.25) is 14.5 Å². The van der Waals surface area contributed by atoms with Crippen LogP contribution in [0.2, 0.25) is 0 Å². The first-order valence-corrected chi connectivity index (χ1v) is 10.3. The number of aryl methyl sites for hydroxylation is 1. The first kappa shape index (κ1) is 18.0. The van der Waals surface area contributed by atoms with Crippen LogP contribution in [0.15, 0.2) is 30.7 Å². The van der Waals surface area contributed by atoms with Gasteiger partial charge in [-0.1, -0.05) is 0 Å². The zero-order chi connectivity index (χ0) is 19.8. The van der Waals surface area contributed by atoms with Gasteiger partial charge >= 0.3 is 0 Å². The number of piperidine rings is 1. The average molecular weight is 391 g/mol. The van der Waals surface area contributed by atoms with E-state index in [0.717, 1.165) is 67.7 Å². The quantitative estimate of drug-likeness (QED) is 0.719. The SMILES string of the molecule is Cn1ncc2c(NC[C@@H]3CCCN(C(=O)C4CC4)C3)nc(-c3ccncc3)nc21.